The second kappa shape index (κ2) is 8.15. The number of ether oxygens (including phenoxy) is 2. The molecule has 0 saturated heterocycles. The third-order valence-electron chi connectivity index (χ3n) is 3.40. The number of carbonyl (C=O) groups excluding carboxylic acids is 2. The molecule has 0 radical (unpaired) electrons. The molecule has 0 heterocycles. The Labute approximate surface area is 141 Å². The van der Waals surface area contributed by atoms with Crippen molar-refractivity contribution in [1.82, 2.24) is 0 Å². The first-order valence-electron chi connectivity index (χ1n) is 7.76. The van der Waals surface area contributed by atoms with E-state index >= 15 is 0 Å². The molecule has 1 N–H and O–H groups in total. The average molecular weight is 327 g/mol. The first-order valence-corrected chi connectivity index (χ1v) is 7.76. The van der Waals surface area contributed by atoms with Crippen molar-refractivity contribution >= 4 is 17.6 Å². The Morgan fingerprint density at radius 3 is 2.42 bits per heavy atom. The number of anilines is 1. The van der Waals surface area contributed by atoms with Gasteiger partial charge >= 0.3 is 5.97 Å². The largest absolute Gasteiger partial charge is 0.494 e. The lowest BCUT2D eigenvalue weighted by molar-refractivity contribution is -0.119. The van der Waals surface area contributed by atoms with Crippen LogP contribution in [0.3, 0.4) is 0 Å². The molecule has 5 nitrogen and oxygen atoms in total. The van der Waals surface area contributed by atoms with Crippen molar-refractivity contribution in [3.8, 4) is 5.75 Å². The highest BCUT2D eigenvalue weighted by Crippen LogP contribution is 2.16. The lowest BCUT2D eigenvalue weighted by atomic mass is 10.1. The van der Waals surface area contributed by atoms with Crippen LogP contribution in [-0.4, -0.2) is 25.1 Å². The van der Waals surface area contributed by atoms with E-state index in [4.69, 9.17) is 9.47 Å². The number of aryl methyl sites for hydroxylation is 2. The summed E-state index contributed by atoms with van der Waals surface area (Å²) in [6, 6.07) is 12.5. The Balaban J connectivity index is 1.88. The number of amides is 1. The minimum Gasteiger partial charge on any atom is -0.494 e. The molecule has 0 saturated carbocycles. The van der Waals surface area contributed by atoms with Crippen LogP contribution < -0.4 is 10.1 Å². The van der Waals surface area contributed by atoms with Gasteiger partial charge in [0.25, 0.3) is 5.91 Å². The van der Waals surface area contributed by atoms with Gasteiger partial charge in [-0.2, -0.15) is 0 Å². The van der Waals surface area contributed by atoms with Gasteiger partial charge in [-0.05, 0) is 56.7 Å². The summed E-state index contributed by atoms with van der Waals surface area (Å²) in [5.41, 5.74) is 2.87. The first kappa shape index (κ1) is 17.5. The van der Waals surface area contributed by atoms with E-state index in [-0.39, 0.29) is 6.61 Å². The standard InChI is InChI=1S/C19H21NO4/c1-4-23-16-9-7-15(8-10-16)20-18(21)12-24-19(22)17-11-13(2)5-6-14(17)3/h5-11H,4,12H2,1-3H3,(H,20,21). The highest BCUT2D eigenvalue weighted by Gasteiger charge is 2.13. The summed E-state index contributed by atoms with van der Waals surface area (Å²) in [6.45, 7) is 5.88. The van der Waals surface area contributed by atoms with Gasteiger partial charge in [-0.15, -0.1) is 0 Å². The SMILES string of the molecule is CCOc1ccc(NC(=O)COC(=O)c2cc(C)ccc2C)cc1. The summed E-state index contributed by atoms with van der Waals surface area (Å²) in [5, 5.41) is 2.67. The zero-order chi connectivity index (χ0) is 17.5. The Morgan fingerprint density at radius 1 is 1.04 bits per heavy atom. The van der Waals surface area contributed by atoms with Crippen molar-refractivity contribution in [2.75, 3.05) is 18.5 Å². The molecule has 0 unspecified atom stereocenters. The number of rotatable bonds is 6. The lowest BCUT2D eigenvalue weighted by Gasteiger charge is -2.09. The monoisotopic (exact) mass is 327 g/mol. The molecule has 0 atom stereocenters. The van der Waals surface area contributed by atoms with Crippen molar-refractivity contribution in [3.63, 3.8) is 0 Å². The molecule has 2 aromatic carbocycles. The Hall–Kier alpha value is -2.82. The van der Waals surface area contributed by atoms with Gasteiger partial charge in [0.15, 0.2) is 6.61 Å². The van der Waals surface area contributed by atoms with Gasteiger partial charge in [-0.1, -0.05) is 17.7 Å². The van der Waals surface area contributed by atoms with Crippen molar-refractivity contribution in [3.05, 3.63) is 59.2 Å². The van der Waals surface area contributed by atoms with Crippen LogP contribution in [0.25, 0.3) is 0 Å². The number of hydrogen-bond donors (Lipinski definition) is 1. The molecule has 0 spiro atoms. The number of nitrogens with one attached hydrogen (secondary N) is 1. The minimum atomic E-state index is -0.502. The fourth-order valence-electron chi connectivity index (χ4n) is 2.16. The van der Waals surface area contributed by atoms with E-state index in [1.807, 2.05) is 32.9 Å². The first-order chi connectivity index (χ1) is 11.5. The molecular formula is C19H21NO4. The summed E-state index contributed by atoms with van der Waals surface area (Å²) >= 11 is 0. The van der Waals surface area contributed by atoms with Crippen molar-refractivity contribution < 1.29 is 19.1 Å². The number of carbonyl (C=O) groups is 2. The lowest BCUT2D eigenvalue weighted by Crippen LogP contribution is -2.21. The molecule has 0 aliphatic rings. The fraction of sp³-hybridized carbons (Fsp3) is 0.263. The summed E-state index contributed by atoms with van der Waals surface area (Å²) in [4.78, 5) is 24.0. The van der Waals surface area contributed by atoms with Crippen LogP contribution in [0.1, 0.15) is 28.4 Å². The van der Waals surface area contributed by atoms with Crippen LogP contribution in [0, 0.1) is 13.8 Å². The van der Waals surface area contributed by atoms with E-state index in [9.17, 15) is 9.59 Å². The molecule has 0 aliphatic carbocycles. The fourth-order valence-corrected chi connectivity index (χ4v) is 2.16. The van der Waals surface area contributed by atoms with E-state index in [1.165, 1.54) is 0 Å². The second-order valence-corrected chi connectivity index (χ2v) is 5.40. The zero-order valence-electron chi connectivity index (χ0n) is 14.1. The highest BCUT2D eigenvalue weighted by atomic mass is 16.5. The maximum atomic E-state index is 12.1. The molecule has 126 valence electrons. The van der Waals surface area contributed by atoms with Crippen LogP contribution in [0.2, 0.25) is 0 Å². The van der Waals surface area contributed by atoms with Gasteiger partial charge in [0.05, 0.1) is 12.2 Å². The van der Waals surface area contributed by atoms with Crippen LogP contribution in [0.4, 0.5) is 5.69 Å². The van der Waals surface area contributed by atoms with Crippen LogP contribution in [-0.2, 0) is 9.53 Å². The molecule has 0 aromatic heterocycles. The smallest absolute Gasteiger partial charge is 0.338 e. The average Bonchev–Trinajstić information content (AvgIpc) is 2.57. The number of benzene rings is 2. The third-order valence-corrected chi connectivity index (χ3v) is 3.40. The van der Waals surface area contributed by atoms with Gasteiger partial charge in [-0.25, -0.2) is 4.79 Å². The molecule has 0 aliphatic heterocycles. The van der Waals surface area contributed by atoms with Gasteiger partial charge in [-0.3, -0.25) is 4.79 Å². The topological polar surface area (TPSA) is 64.6 Å². The van der Waals surface area contributed by atoms with E-state index in [1.54, 1.807) is 30.3 Å². The Kier molecular flexibility index (Phi) is 5.95. The van der Waals surface area contributed by atoms with Crippen LogP contribution in [0.15, 0.2) is 42.5 Å². The van der Waals surface area contributed by atoms with Crippen LogP contribution in [0.5, 0.6) is 5.75 Å². The molecule has 0 fully saturated rings. The molecule has 2 rings (SSSR count). The van der Waals surface area contributed by atoms with Gasteiger partial charge < -0.3 is 14.8 Å². The Bertz CT molecular complexity index is 723. The molecule has 2 aromatic rings. The third kappa shape index (κ3) is 4.84. The Morgan fingerprint density at radius 2 is 1.75 bits per heavy atom. The summed E-state index contributed by atoms with van der Waals surface area (Å²) in [7, 11) is 0. The summed E-state index contributed by atoms with van der Waals surface area (Å²) < 4.78 is 10.4. The van der Waals surface area contributed by atoms with E-state index in [2.05, 4.69) is 5.32 Å². The number of esters is 1. The molecule has 5 heteroatoms. The predicted octanol–water partition coefficient (Wildman–Crippen LogP) is 3.50. The minimum absolute atomic E-state index is 0.334. The quantitative estimate of drug-likeness (QED) is 0.825. The molecule has 24 heavy (non-hydrogen) atoms. The number of hydrogen-bond acceptors (Lipinski definition) is 4. The highest BCUT2D eigenvalue weighted by molar-refractivity contribution is 5.96. The second-order valence-electron chi connectivity index (χ2n) is 5.40. The summed E-state index contributed by atoms with van der Waals surface area (Å²) in [5.74, 6) is -0.160. The molecular weight excluding hydrogens is 306 g/mol. The summed E-state index contributed by atoms with van der Waals surface area (Å²) in [6.07, 6.45) is 0. The normalized spacial score (nSPS) is 10.1. The van der Waals surface area contributed by atoms with Crippen LogP contribution >= 0.6 is 0 Å². The zero-order valence-corrected chi connectivity index (χ0v) is 14.1. The maximum absolute atomic E-state index is 12.1. The maximum Gasteiger partial charge on any atom is 0.338 e. The van der Waals surface area contributed by atoms with Crippen molar-refractivity contribution in [2.45, 2.75) is 20.8 Å². The van der Waals surface area contributed by atoms with E-state index in [0.29, 0.717) is 17.9 Å². The van der Waals surface area contributed by atoms with Gasteiger partial charge in [0.2, 0.25) is 0 Å². The molecule has 0 bridgehead atoms. The van der Waals surface area contributed by atoms with E-state index in [0.717, 1.165) is 16.9 Å². The van der Waals surface area contributed by atoms with Crippen molar-refractivity contribution in [1.29, 1.82) is 0 Å². The predicted molar refractivity (Wildman–Crippen MR) is 92.4 cm³/mol. The molecule has 1 amide bonds. The van der Waals surface area contributed by atoms with Gasteiger partial charge in [0, 0.05) is 5.69 Å². The van der Waals surface area contributed by atoms with Crippen molar-refractivity contribution in [2.24, 2.45) is 0 Å². The van der Waals surface area contributed by atoms with Gasteiger partial charge in [0.1, 0.15) is 5.75 Å². The van der Waals surface area contributed by atoms with E-state index < -0.39 is 11.9 Å².